The molecule has 0 aromatic rings. The normalized spacial score (nSPS) is 24.9. The molecule has 208 valence electrons. The fourth-order valence-corrected chi connectivity index (χ4v) is 5.43. The van der Waals surface area contributed by atoms with Crippen LogP contribution >= 0.6 is 0 Å². The maximum absolute atomic E-state index is 12.2. The molecular weight excluding hydrogens is 456 g/mol. The predicted octanol–water partition coefficient (Wildman–Crippen LogP) is 6.92. The highest BCUT2D eigenvalue weighted by molar-refractivity contribution is 5.70. The molecule has 1 saturated carbocycles. The summed E-state index contributed by atoms with van der Waals surface area (Å²) in [5.74, 6) is 0.743. The van der Waals surface area contributed by atoms with Gasteiger partial charge in [-0.15, -0.1) is 0 Å². The molecule has 6 heteroatoms. The number of hydrogen-bond acceptors (Lipinski definition) is 6. The van der Waals surface area contributed by atoms with Crippen molar-refractivity contribution < 1.29 is 28.5 Å². The molecule has 3 rings (SSSR count). The van der Waals surface area contributed by atoms with Gasteiger partial charge in [-0.2, -0.15) is 0 Å². The molecule has 2 unspecified atom stereocenters. The topological polar surface area (TPSA) is 77.7 Å². The molecule has 0 N–H and O–H groups in total. The van der Waals surface area contributed by atoms with Crippen molar-refractivity contribution in [3.8, 4) is 0 Å². The first-order chi connectivity index (χ1) is 17.7. The number of epoxide rings is 2. The highest BCUT2D eigenvalue weighted by Crippen LogP contribution is 2.33. The van der Waals surface area contributed by atoms with Gasteiger partial charge in [0.2, 0.25) is 0 Å². The molecule has 0 amide bonds. The van der Waals surface area contributed by atoms with Gasteiger partial charge in [0.05, 0.1) is 38.6 Å². The third kappa shape index (κ3) is 15.2. The van der Waals surface area contributed by atoms with E-state index in [4.69, 9.17) is 18.9 Å². The molecule has 0 aromatic carbocycles. The highest BCUT2D eigenvalue weighted by atomic mass is 16.6. The third-order valence-corrected chi connectivity index (χ3v) is 8.05. The maximum atomic E-state index is 12.2. The van der Waals surface area contributed by atoms with E-state index in [-0.39, 0.29) is 11.9 Å². The molecule has 36 heavy (non-hydrogen) atoms. The van der Waals surface area contributed by atoms with Crippen molar-refractivity contribution in [2.75, 3.05) is 26.4 Å². The van der Waals surface area contributed by atoms with Gasteiger partial charge < -0.3 is 18.9 Å². The van der Waals surface area contributed by atoms with Gasteiger partial charge in [0, 0.05) is 12.8 Å². The zero-order valence-electron chi connectivity index (χ0n) is 22.7. The average molecular weight is 509 g/mol. The average Bonchev–Trinajstić information content (AvgIpc) is 3.79. The van der Waals surface area contributed by atoms with Crippen molar-refractivity contribution >= 4 is 11.9 Å². The summed E-state index contributed by atoms with van der Waals surface area (Å²) in [6.45, 7) is 3.07. The lowest BCUT2D eigenvalue weighted by Crippen LogP contribution is -2.21. The van der Waals surface area contributed by atoms with Gasteiger partial charge in [0.1, 0.15) is 0 Å². The van der Waals surface area contributed by atoms with Crippen LogP contribution in [-0.4, -0.2) is 50.6 Å². The minimum absolute atomic E-state index is 0.0424. The van der Waals surface area contributed by atoms with Crippen LogP contribution < -0.4 is 0 Å². The summed E-state index contributed by atoms with van der Waals surface area (Å²) in [6.07, 6.45) is 23.1. The molecule has 2 heterocycles. The maximum Gasteiger partial charge on any atom is 0.306 e. The smallest absolute Gasteiger partial charge is 0.306 e. The molecule has 1 aliphatic carbocycles. The van der Waals surface area contributed by atoms with E-state index in [1.54, 1.807) is 0 Å². The number of esters is 2. The molecule has 3 aliphatic rings. The second kappa shape index (κ2) is 18.2. The number of carbonyl (C=O) groups excluding carboxylic acids is 2. The zero-order chi connectivity index (χ0) is 25.3. The van der Waals surface area contributed by atoms with Crippen molar-refractivity contribution in [1.29, 1.82) is 0 Å². The third-order valence-electron chi connectivity index (χ3n) is 8.05. The van der Waals surface area contributed by atoms with Gasteiger partial charge in [0.15, 0.2) is 0 Å². The molecule has 2 saturated heterocycles. The van der Waals surface area contributed by atoms with Crippen LogP contribution in [0.5, 0.6) is 0 Å². The largest absolute Gasteiger partial charge is 0.466 e. The highest BCUT2D eigenvalue weighted by Gasteiger charge is 2.25. The standard InChI is InChI=1S/C30H52O6/c31-29(33-19-11-7-3-1-5-9-13-27-23-35-27)21-25-15-17-26(18-16-25)22-30(32)34-20-12-8-4-2-6-10-14-28-24-36-28/h25-28H,1-24H2. The lowest BCUT2D eigenvalue weighted by Gasteiger charge is -2.27. The molecule has 0 bridgehead atoms. The van der Waals surface area contributed by atoms with E-state index in [1.165, 1.54) is 64.2 Å². The van der Waals surface area contributed by atoms with Crippen molar-refractivity contribution in [3.05, 3.63) is 0 Å². The minimum Gasteiger partial charge on any atom is -0.466 e. The Morgan fingerprint density at radius 3 is 1.22 bits per heavy atom. The van der Waals surface area contributed by atoms with Gasteiger partial charge in [-0.1, -0.05) is 64.2 Å². The summed E-state index contributed by atoms with van der Waals surface area (Å²) >= 11 is 0. The van der Waals surface area contributed by atoms with E-state index >= 15 is 0 Å². The minimum atomic E-state index is -0.0424. The molecule has 6 nitrogen and oxygen atoms in total. The monoisotopic (exact) mass is 508 g/mol. The molecule has 0 spiro atoms. The summed E-state index contributed by atoms with van der Waals surface area (Å²) in [5, 5.41) is 0. The first kappa shape index (κ1) is 29.4. The van der Waals surface area contributed by atoms with Crippen LogP contribution in [0, 0.1) is 11.8 Å². The Kier molecular flexibility index (Phi) is 14.8. The van der Waals surface area contributed by atoms with Gasteiger partial charge in [-0.25, -0.2) is 0 Å². The Hall–Kier alpha value is -1.14. The lowest BCUT2D eigenvalue weighted by atomic mass is 9.79. The quantitative estimate of drug-likeness (QED) is 0.0897. The van der Waals surface area contributed by atoms with Crippen LogP contribution in [0.4, 0.5) is 0 Å². The summed E-state index contributed by atoms with van der Waals surface area (Å²) in [4.78, 5) is 24.4. The van der Waals surface area contributed by atoms with Crippen molar-refractivity contribution in [1.82, 2.24) is 0 Å². The summed E-state index contributed by atoms with van der Waals surface area (Å²) in [7, 11) is 0. The number of hydrogen-bond donors (Lipinski definition) is 0. The van der Waals surface area contributed by atoms with Crippen LogP contribution in [0.15, 0.2) is 0 Å². The second-order valence-electron chi connectivity index (χ2n) is 11.5. The van der Waals surface area contributed by atoms with Gasteiger partial charge in [-0.3, -0.25) is 9.59 Å². The van der Waals surface area contributed by atoms with Crippen LogP contribution in [0.25, 0.3) is 0 Å². The summed E-state index contributed by atoms with van der Waals surface area (Å²) in [6, 6.07) is 0. The Bertz CT molecular complexity index is 540. The van der Waals surface area contributed by atoms with E-state index < -0.39 is 0 Å². The number of carbonyl (C=O) groups is 2. The molecule has 2 aliphatic heterocycles. The fourth-order valence-electron chi connectivity index (χ4n) is 5.43. The van der Waals surface area contributed by atoms with Crippen LogP contribution in [0.3, 0.4) is 0 Å². The van der Waals surface area contributed by atoms with E-state index in [0.29, 0.717) is 50.1 Å². The fraction of sp³-hybridized carbons (Fsp3) is 0.933. The molecule has 3 fully saturated rings. The van der Waals surface area contributed by atoms with E-state index in [0.717, 1.165) is 64.6 Å². The molecule has 0 aromatic heterocycles. The van der Waals surface area contributed by atoms with Crippen molar-refractivity contribution in [2.24, 2.45) is 11.8 Å². The Labute approximate surface area is 219 Å². The Balaban J connectivity index is 1.06. The Morgan fingerprint density at radius 1 is 0.528 bits per heavy atom. The lowest BCUT2D eigenvalue weighted by molar-refractivity contribution is -0.147. The SMILES string of the molecule is O=C(CC1CCC(CC(=O)OCCCCCCCCC2CO2)CC1)OCCCCCCCCC1CO1. The zero-order valence-corrected chi connectivity index (χ0v) is 22.7. The van der Waals surface area contributed by atoms with E-state index in [9.17, 15) is 9.59 Å². The summed E-state index contributed by atoms with van der Waals surface area (Å²) in [5.41, 5.74) is 0. The first-order valence-corrected chi connectivity index (χ1v) is 15.2. The number of unbranched alkanes of at least 4 members (excludes halogenated alkanes) is 10. The first-order valence-electron chi connectivity index (χ1n) is 15.2. The van der Waals surface area contributed by atoms with E-state index in [2.05, 4.69) is 0 Å². The molecular formula is C30H52O6. The molecule has 2 atom stereocenters. The van der Waals surface area contributed by atoms with Crippen LogP contribution in [0.2, 0.25) is 0 Å². The van der Waals surface area contributed by atoms with Crippen LogP contribution in [0.1, 0.15) is 128 Å². The van der Waals surface area contributed by atoms with Crippen molar-refractivity contribution in [2.45, 2.75) is 141 Å². The Morgan fingerprint density at radius 2 is 0.861 bits per heavy atom. The number of rotatable bonds is 22. The van der Waals surface area contributed by atoms with Gasteiger partial charge >= 0.3 is 11.9 Å². The number of ether oxygens (including phenoxy) is 4. The predicted molar refractivity (Wildman–Crippen MR) is 141 cm³/mol. The second-order valence-corrected chi connectivity index (χ2v) is 11.5. The molecule has 0 radical (unpaired) electrons. The summed E-state index contributed by atoms with van der Waals surface area (Å²) < 4.78 is 21.4. The van der Waals surface area contributed by atoms with Crippen LogP contribution in [-0.2, 0) is 28.5 Å². The van der Waals surface area contributed by atoms with Crippen molar-refractivity contribution in [3.63, 3.8) is 0 Å². The van der Waals surface area contributed by atoms with Gasteiger partial charge in [-0.05, 0) is 63.2 Å². The van der Waals surface area contributed by atoms with E-state index in [1.807, 2.05) is 0 Å². The van der Waals surface area contributed by atoms with Gasteiger partial charge in [0.25, 0.3) is 0 Å².